The van der Waals surface area contributed by atoms with Gasteiger partial charge in [0.05, 0.1) is 9.40 Å². The Balaban J connectivity index is 2.89. The van der Waals surface area contributed by atoms with Gasteiger partial charge in [0.1, 0.15) is 0 Å². The van der Waals surface area contributed by atoms with Crippen molar-refractivity contribution in [2.24, 2.45) is 0 Å². The van der Waals surface area contributed by atoms with Gasteiger partial charge in [-0.2, -0.15) is 0 Å². The minimum absolute atomic E-state index is 0.0798. The van der Waals surface area contributed by atoms with Gasteiger partial charge in [-0.3, -0.25) is 10.1 Å². The molecule has 5 heteroatoms. The molecule has 0 bridgehead atoms. The molecule has 1 atom stereocenters. The van der Waals surface area contributed by atoms with Gasteiger partial charge in [0.15, 0.2) is 0 Å². The Morgan fingerprint density at radius 2 is 2.27 bits per heavy atom. The molecule has 3 nitrogen and oxygen atoms in total. The molecule has 0 spiro atoms. The lowest BCUT2D eigenvalue weighted by Gasteiger charge is -2.05. The number of alkyl halides is 1. The Hall–Kier alpha value is -0.610. The fourth-order valence-corrected chi connectivity index (χ4v) is 1.97. The van der Waals surface area contributed by atoms with Crippen LogP contribution in [0.15, 0.2) is 22.7 Å². The summed E-state index contributed by atoms with van der Waals surface area (Å²) in [6, 6.07) is 5.05. The normalized spacial score (nSPS) is 12.5. The number of benzene rings is 1. The summed E-state index contributed by atoms with van der Waals surface area (Å²) in [7, 11) is 0. The average Bonchev–Trinajstić information content (AvgIpc) is 2.15. The van der Waals surface area contributed by atoms with Crippen LogP contribution in [0, 0.1) is 10.1 Å². The molecule has 15 heavy (non-hydrogen) atoms. The Kier molecular flexibility index (Phi) is 4.54. The van der Waals surface area contributed by atoms with Gasteiger partial charge < -0.3 is 0 Å². The third-order valence-electron chi connectivity index (χ3n) is 2.07. The van der Waals surface area contributed by atoms with Gasteiger partial charge in [-0.25, -0.2) is 0 Å². The van der Waals surface area contributed by atoms with Crippen molar-refractivity contribution in [3.05, 3.63) is 38.3 Å². The fourth-order valence-electron chi connectivity index (χ4n) is 1.25. The first-order valence-corrected chi connectivity index (χ1v) is 5.81. The second kappa shape index (κ2) is 5.47. The summed E-state index contributed by atoms with van der Waals surface area (Å²) in [5.41, 5.74) is 1.03. The number of rotatable bonds is 4. The summed E-state index contributed by atoms with van der Waals surface area (Å²) in [5.74, 6) is 0. The van der Waals surface area contributed by atoms with Crippen LogP contribution < -0.4 is 0 Å². The molecule has 0 saturated heterocycles. The Labute approximate surface area is 102 Å². The van der Waals surface area contributed by atoms with Crippen LogP contribution in [-0.2, 0) is 6.42 Å². The van der Waals surface area contributed by atoms with Crippen molar-refractivity contribution in [1.29, 1.82) is 0 Å². The van der Waals surface area contributed by atoms with E-state index in [1.807, 2.05) is 13.0 Å². The van der Waals surface area contributed by atoms with Crippen LogP contribution in [0.25, 0.3) is 0 Å². The van der Waals surface area contributed by atoms with E-state index in [1.54, 1.807) is 6.07 Å². The highest BCUT2D eigenvalue weighted by atomic mass is 79.9. The second-order valence-electron chi connectivity index (χ2n) is 3.33. The number of nitrogens with zero attached hydrogens (tertiary/aromatic N) is 1. The SMILES string of the molecule is CC(Cl)CCc1cccc([N+](=O)[O-])c1Br. The molecule has 82 valence electrons. The lowest BCUT2D eigenvalue weighted by atomic mass is 10.1. The quantitative estimate of drug-likeness (QED) is 0.479. The Morgan fingerprint density at radius 3 is 2.80 bits per heavy atom. The highest BCUT2D eigenvalue weighted by Gasteiger charge is 2.14. The van der Waals surface area contributed by atoms with E-state index in [1.165, 1.54) is 6.07 Å². The molecule has 0 N–H and O–H groups in total. The summed E-state index contributed by atoms with van der Waals surface area (Å²) in [6.45, 7) is 1.91. The zero-order valence-electron chi connectivity index (χ0n) is 8.24. The van der Waals surface area contributed by atoms with Gasteiger partial charge in [-0.05, 0) is 41.3 Å². The number of aryl methyl sites for hydroxylation is 1. The van der Waals surface area contributed by atoms with E-state index in [4.69, 9.17) is 11.6 Å². The molecule has 1 rings (SSSR count). The Bertz CT molecular complexity index is 368. The molecular formula is C10H11BrClNO2. The molecule has 0 aliphatic rings. The molecule has 0 fully saturated rings. The molecule has 1 aromatic rings. The van der Waals surface area contributed by atoms with E-state index in [0.717, 1.165) is 18.4 Å². The summed E-state index contributed by atoms with van der Waals surface area (Å²) in [6.07, 6.45) is 1.55. The molecule has 0 aliphatic carbocycles. The maximum atomic E-state index is 10.7. The van der Waals surface area contributed by atoms with E-state index in [-0.39, 0.29) is 11.1 Å². The van der Waals surface area contributed by atoms with Crippen molar-refractivity contribution >= 4 is 33.2 Å². The molecule has 0 heterocycles. The number of nitro groups is 1. The van der Waals surface area contributed by atoms with E-state index < -0.39 is 4.92 Å². The van der Waals surface area contributed by atoms with E-state index in [2.05, 4.69) is 15.9 Å². The highest BCUT2D eigenvalue weighted by molar-refractivity contribution is 9.10. The topological polar surface area (TPSA) is 43.1 Å². The maximum absolute atomic E-state index is 10.7. The predicted molar refractivity (Wildman–Crippen MR) is 64.4 cm³/mol. The molecule has 1 aromatic carbocycles. The van der Waals surface area contributed by atoms with Crippen LogP contribution in [0.5, 0.6) is 0 Å². The first-order valence-electron chi connectivity index (χ1n) is 4.58. The van der Waals surface area contributed by atoms with Gasteiger partial charge in [0, 0.05) is 11.4 Å². The van der Waals surface area contributed by atoms with E-state index >= 15 is 0 Å². The van der Waals surface area contributed by atoms with Crippen molar-refractivity contribution in [2.45, 2.75) is 25.1 Å². The van der Waals surface area contributed by atoms with Gasteiger partial charge in [-0.1, -0.05) is 12.1 Å². The summed E-state index contributed by atoms with van der Waals surface area (Å²) in [4.78, 5) is 10.3. The van der Waals surface area contributed by atoms with Crippen molar-refractivity contribution < 1.29 is 4.92 Å². The summed E-state index contributed by atoms with van der Waals surface area (Å²) < 4.78 is 0.562. The van der Waals surface area contributed by atoms with Crippen LogP contribution >= 0.6 is 27.5 Å². The third-order valence-corrected chi connectivity index (χ3v) is 3.20. The zero-order valence-corrected chi connectivity index (χ0v) is 10.6. The fraction of sp³-hybridized carbons (Fsp3) is 0.400. The van der Waals surface area contributed by atoms with Crippen molar-refractivity contribution in [3.63, 3.8) is 0 Å². The first kappa shape index (κ1) is 12.5. The molecule has 0 amide bonds. The van der Waals surface area contributed by atoms with Crippen LogP contribution in [0.3, 0.4) is 0 Å². The van der Waals surface area contributed by atoms with Crippen LogP contribution in [0.1, 0.15) is 18.9 Å². The van der Waals surface area contributed by atoms with Crippen molar-refractivity contribution in [3.8, 4) is 0 Å². The molecule has 0 radical (unpaired) electrons. The number of hydrogen-bond donors (Lipinski definition) is 0. The van der Waals surface area contributed by atoms with E-state index in [9.17, 15) is 10.1 Å². The summed E-state index contributed by atoms with van der Waals surface area (Å²) in [5, 5.41) is 10.7. The second-order valence-corrected chi connectivity index (χ2v) is 4.86. The maximum Gasteiger partial charge on any atom is 0.283 e. The van der Waals surface area contributed by atoms with Crippen LogP contribution in [0.4, 0.5) is 5.69 Å². The predicted octanol–water partition coefficient (Wildman–Crippen LogP) is 3.92. The standard InChI is InChI=1S/C10H11BrClNO2/c1-7(12)5-6-8-3-2-4-9(10(8)11)13(14)15/h2-4,7H,5-6H2,1H3. The smallest absolute Gasteiger partial charge is 0.258 e. The average molecular weight is 293 g/mol. The third kappa shape index (κ3) is 3.47. The molecule has 0 aliphatic heterocycles. The largest absolute Gasteiger partial charge is 0.283 e. The Morgan fingerprint density at radius 1 is 1.60 bits per heavy atom. The number of nitro benzene ring substituents is 1. The van der Waals surface area contributed by atoms with Gasteiger partial charge in [-0.15, -0.1) is 11.6 Å². The number of hydrogen-bond acceptors (Lipinski definition) is 2. The molecule has 1 unspecified atom stereocenters. The molecular weight excluding hydrogens is 281 g/mol. The number of halogens is 2. The molecule has 0 saturated carbocycles. The van der Waals surface area contributed by atoms with Crippen molar-refractivity contribution in [2.75, 3.05) is 0 Å². The highest BCUT2D eigenvalue weighted by Crippen LogP contribution is 2.29. The van der Waals surface area contributed by atoms with Crippen LogP contribution in [-0.4, -0.2) is 10.3 Å². The van der Waals surface area contributed by atoms with Crippen LogP contribution in [0.2, 0.25) is 0 Å². The van der Waals surface area contributed by atoms with Gasteiger partial charge in [0.25, 0.3) is 5.69 Å². The minimum atomic E-state index is -0.391. The summed E-state index contributed by atoms with van der Waals surface area (Å²) >= 11 is 9.08. The first-order chi connectivity index (χ1) is 7.02. The lowest BCUT2D eigenvalue weighted by molar-refractivity contribution is -0.385. The molecule has 0 aromatic heterocycles. The van der Waals surface area contributed by atoms with Crippen molar-refractivity contribution in [1.82, 2.24) is 0 Å². The monoisotopic (exact) mass is 291 g/mol. The van der Waals surface area contributed by atoms with E-state index in [0.29, 0.717) is 4.47 Å². The van der Waals surface area contributed by atoms with Gasteiger partial charge >= 0.3 is 0 Å². The minimum Gasteiger partial charge on any atom is -0.258 e. The zero-order chi connectivity index (χ0) is 11.4. The van der Waals surface area contributed by atoms with Gasteiger partial charge in [0.2, 0.25) is 0 Å². The lowest BCUT2D eigenvalue weighted by Crippen LogP contribution is -1.97.